The fourth-order valence-corrected chi connectivity index (χ4v) is 3.56. The van der Waals surface area contributed by atoms with Gasteiger partial charge in [0.2, 0.25) is 0 Å². The minimum atomic E-state index is -0.498. The molecule has 1 fully saturated rings. The van der Waals surface area contributed by atoms with Crippen molar-refractivity contribution in [2.75, 3.05) is 18.0 Å². The lowest BCUT2D eigenvalue weighted by atomic mass is 10.2. The summed E-state index contributed by atoms with van der Waals surface area (Å²) in [5.41, 5.74) is 1.23. The number of ether oxygens (including phenoxy) is 1. The van der Waals surface area contributed by atoms with E-state index in [1.807, 2.05) is 26.2 Å². The van der Waals surface area contributed by atoms with Gasteiger partial charge in [0, 0.05) is 24.0 Å². The highest BCUT2D eigenvalue weighted by molar-refractivity contribution is 7.14. The molecule has 7 heteroatoms. The highest BCUT2D eigenvalue weighted by Gasteiger charge is 2.27. The molecular weight excluding hydrogens is 341 g/mol. The van der Waals surface area contributed by atoms with Gasteiger partial charge in [0.15, 0.2) is 5.13 Å². The summed E-state index contributed by atoms with van der Waals surface area (Å²) in [6, 6.07) is 6.37. The zero-order valence-corrected chi connectivity index (χ0v) is 15.4. The van der Waals surface area contributed by atoms with Crippen LogP contribution in [-0.4, -0.2) is 35.8 Å². The number of carbonyl (C=O) groups is 1. The van der Waals surface area contributed by atoms with Gasteiger partial charge in [-0.25, -0.2) is 14.2 Å². The Morgan fingerprint density at radius 1 is 1.36 bits per heavy atom. The van der Waals surface area contributed by atoms with Crippen LogP contribution >= 0.6 is 11.3 Å². The summed E-state index contributed by atoms with van der Waals surface area (Å²) in [4.78, 5) is 18.7. The average molecular weight is 363 g/mol. The predicted molar refractivity (Wildman–Crippen MR) is 97.5 cm³/mol. The fraction of sp³-hybridized carbons (Fsp3) is 0.444. The van der Waals surface area contributed by atoms with Gasteiger partial charge >= 0.3 is 6.09 Å². The monoisotopic (exact) mass is 363 g/mol. The molecule has 0 bridgehead atoms. The number of benzene rings is 1. The molecule has 1 aliphatic heterocycles. The van der Waals surface area contributed by atoms with E-state index in [-0.39, 0.29) is 18.0 Å². The third-order valence-electron chi connectivity index (χ3n) is 3.81. The number of rotatable bonds is 3. The van der Waals surface area contributed by atoms with E-state index in [1.54, 1.807) is 23.5 Å². The van der Waals surface area contributed by atoms with Crippen LogP contribution in [-0.2, 0) is 4.74 Å². The SMILES string of the molecule is CC(C)(C)OC(=O)NC1CCN(c2nc(-c3ccc(F)cc3)cs2)C1. The summed E-state index contributed by atoms with van der Waals surface area (Å²) in [6.45, 7) is 7.08. The molecule has 25 heavy (non-hydrogen) atoms. The number of hydrogen-bond donors (Lipinski definition) is 1. The Hall–Kier alpha value is -2.15. The summed E-state index contributed by atoms with van der Waals surface area (Å²) in [7, 11) is 0. The number of thiazole rings is 1. The number of hydrogen-bond acceptors (Lipinski definition) is 5. The normalized spacial score (nSPS) is 17.6. The van der Waals surface area contributed by atoms with E-state index >= 15 is 0 Å². The van der Waals surface area contributed by atoms with Gasteiger partial charge in [-0.3, -0.25) is 0 Å². The summed E-state index contributed by atoms with van der Waals surface area (Å²) in [6.07, 6.45) is 0.468. The maximum absolute atomic E-state index is 13.0. The lowest BCUT2D eigenvalue weighted by Crippen LogP contribution is -2.40. The average Bonchev–Trinajstić information content (AvgIpc) is 3.15. The number of amides is 1. The van der Waals surface area contributed by atoms with Crippen LogP contribution in [0.2, 0.25) is 0 Å². The quantitative estimate of drug-likeness (QED) is 0.894. The third kappa shape index (κ3) is 4.69. The van der Waals surface area contributed by atoms with Crippen LogP contribution < -0.4 is 10.2 Å². The van der Waals surface area contributed by atoms with Gasteiger partial charge in [0.25, 0.3) is 0 Å². The van der Waals surface area contributed by atoms with Crippen molar-refractivity contribution in [3.8, 4) is 11.3 Å². The van der Waals surface area contributed by atoms with Gasteiger partial charge < -0.3 is 15.0 Å². The molecule has 0 spiro atoms. The standard InChI is InChI=1S/C18H22FN3O2S/c1-18(2,3)24-17(23)20-14-8-9-22(10-14)16-21-15(11-25-16)12-4-6-13(19)7-5-12/h4-7,11,14H,8-10H2,1-3H3,(H,20,23). The fourth-order valence-electron chi connectivity index (χ4n) is 2.69. The molecule has 1 aromatic heterocycles. The smallest absolute Gasteiger partial charge is 0.407 e. The molecule has 1 aromatic carbocycles. The van der Waals surface area contributed by atoms with E-state index in [0.717, 1.165) is 29.4 Å². The molecule has 0 aliphatic carbocycles. The minimum Gasteiger partial charge on any atom is -0.444 e. The number of alkyl carbamates (subject to hydrolysis) is 1. The van der Waals surface area contributed by atoms with Crippen LogP contribution in [0.4, 0.5) is 14.3 Å². The Morgan fingerprint density at radius 2 is 2.08 bits per heavy atom. The highest BCUT2D eigenvalue weighted by Crippen LogP contribution is 2.29. The maximum Gasteiger partial charge on any atom is 0.407 e. The Bertz CT molecular complexity index is 740. The van der Waals surface area contributed by atoms with Crippen molar-refractivity contribution in [3.05, 3.63) is 35.5 Å². The van der Waals surface area contributed by atoms with Crippen molar-refractivity contribution in [2.45, 2.75) is 38.8 Å². The van der Waals surface area contributed by atoms with E-state index in [0.29, 0.717) is 6.54 Å². The molecule has 134 valence electrons. The highest BCUT2D eigenvalue weighted by atomic mass is 32.1. The summed E-state index contributed by atoms with van der Waals surface area (Å²) < 4.78 is 18.3. The largest absolute Gasteiger partial charge is 0.444 e. The molecule has 1 atom stereocenters. The second-order valence-corrected chi connectivity index (χ2v) is 7.94. The zero-order chi connectivity index (χ0) is 18.0. The van der Waals surface area contributed by atoms with Crippen molar-refractivity contribution in [1.29, 1.82) is 0 Å². The Kier molecular flexibility index (Phi) is 4.94. The maximum atomic E-state index is 13.0. The van der Waals surface area contributed by atoms with Crippen molar-refractivity contribution in [1.82, 2.24) is 10.3 Å². The second kappa shape index (κ2) is 7.00. The zero-order valence-electron chi connectivity index (χ0n) is 14.6. The predicted octanol–water partition coefficient (Wildman–Crippen LogP) is 4.05. The first-order valence-electron chi connectivity index (χ1n) is 8.26. The first kappa shape index (κ1) is 17.7. The molecule has 3 rings (SSSR count). The summed E-state index contributed by atoms with van der Waals surface area (Å²) in [5, 5.41) is 5.79. The Labute approximate surface area is 150 Å². The van der Waals surface area contributed by atoms with Gasteiger partial charge in [0.1, 0.15) is 11.4 Å². The number of anilines is 1. The number of aromatic nitrogens is 1. The minimum absolute atomic E-state index is 0.0491. The van der Waals surface area contributed by atoms with Gasteiger partial charge in [-0.1, -0.05) is 0 Å². The van der Waals surface area contributed by atoms with E-state index in [2.05, 4.69) is 15.2 Å². The van der Waals surface area contributed by atoms with E-state index in [9.17, 15) is 9.18 Å². The van der Waals surface area contributed by atoms with Crippen molar-refractivity contribution >= 4 is 22.6 Å². The number of nitrogens with one attached hydrogen (secondary N) is 1. The first-order chi connectivity index (χ1) is 11.8. The second-order valence-electron chi connectivity index (χ2n) is 7.10. The van der Waals surface area contributed by atoms with Gasteiger partial charge in [0.05, 0.1) is 11.7 Å². The molecule has 2 heterocycles. The molecule has 1 N–H and O–H groups in total. The van der Waals surface area contributed by atoms with E-state index in [4.69, 9.17) is 4.74 Å². The molecule has 0 saturated carbocycles. The van der Waals surface area contributed by atoms with Crippen molar-refractivity contribution in [2.24, 2.45) is 0 Å². The van der Waals surface area contributed by atoms with Gasteiger partial charge in [-0.2, -0.15) is 0 Å². The molecule has 2 aromatic rings. The Morgan fingerprint density at radius 3 is 2.76 bits per heavy atom. The van der Waals surface area contributed by atoms with Crippen LogP contribution in [0.5, 0.6) is 0 Å². The van der Waals surface area contributed by atoms with E-state index < -0.39 is 5.60 Å². The van der Waals surface area contributed by atoms with Crippen LogP contribution in [0.1, 0.15) is 27.2 Å². The third-order valence-corrected chi connectivity index (χ3v) is 4.71. The Balaban J connectivity index is 1.59. The summed E-state index contributed by atoms with van der Waals surface area (Å²) in [5.74, 6) is -0.255. The number of carbonyl (C=O) groups excluding carboxylic acids is 1. The van der Waals surface area contributed by atoms with Crippen LogP contribution in [0.15, 0.2) is 29.6 Å². The van der Waals surface area contributed by atoms with Gasteiger partial charge in [-0.15, -0.1) is 11.3 Å². The van der Waals surface area contributed by atoms with E-state index in [1.165, 1.54) is 12.1 Å². The van der Waals surface area contributed by atoms with Gasteiger partial charge in [-0.05, 0) is 51.5 Å². The number of nitrogens with zero attached hydrogens (tertiary/aromatic N) is 2. The molecular formula is C18H22FN3O2S. The van der Waals surface area contributed by atoms with Crippen LogP contribution in [0, 0.1) is 5.82 Å². The van der Waals surface area contributed by atoms with Crippen LogP contribution in [0.25, 0.3) is 11.3 Å². The molecule has 1 amide bonds. The topological polar surface area (TPSA) is 54.5 Å². The summed E-state index contributed by atoms with van der Waals surface area (Å²) >= 11 is 1.55. The molecule has 5 nitrogen and oxygen atoms in total. The lowest BCUT2D eigenvalue weighted by Gasteiger charge is -2.22. The van der Waals surface area contributed by atoms with Crippen molar-refractivity contribution in [3.63, 3.8) is 0 Å². The molecule has 1 saturated heterocycles. The molecule has 1 unspecified atom stereocenters. The van der Waals surface area contributed by atoms with Crippen LogP contribution in [0.3, 0.4) is 0 Å². The van der Waals surface area contributed by atoms with Crippen molar-refractivity contribution < 1.29 is 13.9 Å². The first-order valence-corrected chi connectivity index (χ1v) is 9.14. The molecule has 0 radical (unpaired) electrons. The molecule has 1 aliphatic rings. The number of halogens is 1. The lowest BCUT2D eigenvalue weighted by molar-refractivity contribution is 0.0509.